The number of hydrazine groups is 1. The summed E-state index contributed by atoms with van der Waals surface area (Å²) in [5, 5.41) is 2.36. The third-order valence-electron chi connectivity index (χ3n) is 4.60. The average Bonchev–Trinajstić information content (AvgIpc) is 3.41. The zero-order valence-electron chi connectivity index (χ0n) is 16.8. The first-order valence-electron chi connectivity index (χ1n) is 9.48. The Morgan fingerprint density at radius 1 is 1.26 bits per heavy atom. The van der Waals surface area contributed by atoms with E-state index in [0.29, 0.717) is 18.1 Å². The summed E-state index contributed by atoms with van der Waals surface area (Å²) in [6.45, 7) is 0.587. The largest absolute Gasteiger partial charge is 0.496 e. The smallest absolute Gasteiger partial charge is 0.250 e. The third-order valence-corrected chi connectivity index (χ3v) is 4.81. The number of likely N-dealkylation sites (tertiary alicyclic amines) is 1. The molecule has 1 atom stereocenters. The van der Waals surface area contributed by atoms with Gasteiger partial charge in [0, 0.05) is 24.6 Å². The lowest BCUT2D eigenvalue weighted by atomic mass is 10.1. The second kappa shape index (κ2) is 10.4. The topological polar surface area (TPSA) is 113 Å². The average molecular weight is 442 g/mol. The molecule has 3 N–H and O–H groups in total. The van der Waals surface area contributed by atoms with Crippen LogP contribution in [0.15, 0.2) is 53.2 Å². The second-order valence-electron chi connectivity index (χ2n) is 6.76. The molecule has 0 saturated carbocycles. The lowest BCUT2D eigenvalue weighted by Gasteiger charge is -2.15. The van der Waals surface area contributed by atoms with Crippen LogP contribution < -0.4 is 20.9 Å². The van der Waals surface area contributed by atoms with Crippen LogP contribution in [0.2, 0.25) is 0 Å². The molecule has 0 aliphatic carbocycles. The van der Waals surface area contributed by atoms with Gasteiger partial charge in [0.15, 0.2) is 5.11 Å². The number of nitrogens with one attached hydrogen (secondary N) is 3. The summed E-state index contributed by atoms with van der Waals surface area (Å²) in [6, 6.07) is 10.7. The van der Waals surface area contributed by atoms with Crippen molar-refractivity contribution in [3.8, 4) is 5.75 Å². The van der Waals surface area contributed by atoms with Crippen LogP contribution in [0.25, 0.3) is 6.08 Å². The normalized spacial score (nSPS) is 15.7. The summed E-state index contributed by atoms with van der Waals surface area (Å²) < 4.78 is 10.5. The van der Waals surface area contributed by atoms with Crippen LogP contribution in [0.5, 0.6) is 5.75 Å². The minimum absolute atomic E-state index is 0.0696. The molecular formula is C21H22N4O5S. The molecule has 0 bridgehead atoms. The van der Waals surface area contributed by atoms with E-state index in [9.17, 15) is 14.4 Å². The Hall–Kier alpha value is -3.66. The fourth-order valence-corrected chi connectivity index (χ4v) is 3.22. The first kappa shape index (κ1) is 22.0. The highest BCUT2D eigenvalue weighted by Crippen LogP contribution is 2.20. The molecule has 10 heteroatoms. The minimum Gasteiger partial charge on any atom is -0.496 e. The number of hydrogen-bond acceptors (Lipinski definition) is 6. The van der Waals surface area contributed by atoms with Gasteiger partial charge >= 0.3 is 0 Å². The molecule has 1 fully saturated rings. The summed E-state index contributed by atoms with van der Waals surface area (Å²) in [4.78, 5) is 38.0. The van der Waals surface area contributed by atoms with Crippen molar-refractivity contribution in [2.45, 2.75) is 13.0 Å². The van der Waals surface area contributed by atoms with Crippen LogP contribution in [0, 0.1) is 5.92 Å². The van der Waals surface area contributed by atoms with E-state index in [1.165, 1.54) is 12.3 Å². The van der Waals surface area contributed by atoms with E-state index in [4.69, 9.17) is 21.4 Å². The monoisotopic (exact) mass is 442 g/mol. The number of para-hydroxylation sites is 1. The van der Waals surface area contributed by atoms with Gasteiger partial charge in [-0.25, -0.2) is 0 Å². The number of thiocarbonyl (C=S) groups is 1. The lowest BCUT2D eigenvalue weighted by Crippen LogP contribution is -2.50. The van der Waals surface area contributed by atoms with Gasteiger partial charge in [0.25, 0.3) is 0 Å². The standard InChI is InChI=1S/C21H22N4O5S/c1-29-17-7-3-2-5-14(17)8-9-18(26)22-21(31)24-23-20(28)15-11-19(27)25(12-15)13-16-6-4-10-30-16/h2-10,15H,11-13H2,1H3,(H,23,28)(H2,22,24,26,31)/b9-8+. The molecule has 1 aliphatic rings. The Morgan fingerprint density at radius 3 is 2.81 bits per heavy atom. The van der Waals surface area contributed by atoms with Crippen molar-refractivity contribution in [3.63, 3.8) is 0 Å². The van der Waals surface area contributed by atoms with Crippen molar-refractivity contribution in [2.75, 3.05) is 13.7 Å². The molecule has 1 aromatic heterocycles. The highest BCUT2D eigenvalue weighted by Gasteiger charge is 2.34. The lowest BCUT2D eigenvalue weighted by molar-refractivity contribution is -0.129. The van der Waals surface area contributed by atoms with Gasteiger partial charge in [0.2, 0.25) is 17.7 Å². The number of carbonyl (C=O) groups excluding carboxylic acids is 3. The predicted octanol–water partition coefficient (Wildman–Crippen LogP) is 1.37. The molecule has 0 radical (unpaired) electrons. The van der Waals surface area contributed by atoms with Gasteiger partial charge in [-0.05, 0) is 36.5 Å². The van der Waals surface area contributed by atoms with E-state index in [0.717, 1.165) is 5.56 Å². The number of methoxy groups -OCH3 is 1. The molecule has 0 spiro atoms. The molecule has 2 aromatic rings. The van der Waals surface area contributed by atoms with Gasteiger partial charge in [-0.15, -0.1) is 0 Å². The molecule has 9 nitrogen and oxygen atoms in total. The summed E-state index contributed by atoms with van der Waals surface area (Å²) in [6.07, 6.45) is 4.52. The number of benzene rings is 1. The van der Waals surface area contributed by atoms with Crippen molar-refractivity contribution in [3.05, 3.63) is 60.1 Å². The quantitative estimate of drug-likeness (QED) is 0.352. The van der Waals surface area contributed by atoms with E-state index in [-0.39, 0.29) is 24.0 Å². The summed E-state index contributed by atoms with van der Waals surface area (Å²) in [5.41, 5.74) is 5.64. The first-order valence-corrected chi connectivity index (χ1v) is 9.89. The fourth-order valence-electron chi connectivity index (χ4n) is 3.07. The molecule has 162 valence electrons. The van der Waals surface area contributed by atoms with Gasteiger partial charge in [-0.1, -0.05) is 18.2 Å². The van der Waals surface area contributed by atoms with Crippen molar-refractivity contribution in [2.24, 2.45) is 5.92 Å². The Morgan fingerprint density at radius 2 is 2.06 bits per heavy atom. The Labute approximate surface area is 184 Å². The third kappa shape index (κ3) is 6.16. The summed E-state index contributed by atoms with van der Waals surface area (Å²) in [5.74, 6) is -0.244. The van der Waals surface area contributed by atoms with E-state index >= 15 is 0 Å². The number of ether oxygens (including phenoxy) is 1. The predicted molar refractivity (Wildman–Crippen MR) is 116 cm³/mol. The number of furan rings is 1. The van der Waals surface area contributed by atoms with Gasteiger partial charge in [-0.2, -0.15) is 0 Å². The number of amides is 3. The molecule has 31 heavy (non-hydrogen) atoms. The zero-order valence-corrected chi connectivity index (χ0v) is 17.6. The highest BCUT2D eigenvalue weighted by atomic mass is 32.1. The van der Waals surface area contributed by atoms with E-state index in [1.54, 1.807) is 42.4 Å². The maximum atomic E-state index is 12.3. The molecule has 1 saturated heterocycles. The zero-order chi connectivity index (χ0) is 22.2. The van der Waals surface area contributed by atoms with E-state index < -0.39 is 17.7 Å². The number of carbonyl (C=O) groups is 3. The molecule has 2 heterocycles. The van der Waals surface area contributed by atoms with E-state index in [2.05, 4.69) is 16.2 Å². The SMILES string of the molecule is COc1ccccc1/C=C/C(=O)NC(=S)NNC(=O)C1CC(=O)N(Cc2ccco2)C1. The minimum atomic E-state index is -0.529. The Bertz CT molecular complexity index is 989. The van der Waals surface area contributed by atoms with Gasteiger partial charge < -0.3 is 14.1 Å². The molecular weight excluding hydrogens is 420 g/mol. The Balaban J connectivity index is 1.43. The number of rotatable bonds is 6. The van der Waals surface area contributed by atoms with Crippen molar-refractivity contribution >= 4 is 41.1 Å². The fraction of sp³-hybridized carbons (Fsp3) is 0.238. The van der Waals surface area contributed by atoms with Crippen molar-refractivity contribution in [1.82, 2.24) is 21.1 Å². The molecule has 1 aliphatic heterocycles. The molecule has 3 amide bonds. The van der Waals surface area contributed by atoms with Crippen molar-refractivity contribution in [1.29, 1.82) is 0 Å². The van der Waals surface area contributed by atoms with Crippen LogP contribution in [0.4, 0.5) is 0 Å². The van der Waals surface area contributed by atoms with Crippen molar-refractivity contribution < 1.29 is 23.5 Å². The van der Waals surface area contributed by atoms with Crippen LogP contribution in [-0.2, 0) is 20.9 Å². The second-order valence-corrected chi connectivity index (χ2v) is 7.17. The highest BCUT2D eigenvalue weighted by molar-refractivity contribution is 7.80. The van der Waals surface area contributed by atoms with Crippen LogP contribution in [0.3, 0.4) is 0 Å². The van der Waals surface area contributed by atoms with Gasteiger partial charge in [0.05, 0.1) is 25.8 Å². The number of hydrogen-bond donors (Lipinski definition) is 3. The first-order chi connectivity index (χ1) is 15.0. The molecule has 1 aromatic carbocycles. The summed E-state index contributed by atoms with van der Waals surface area (Å²) in [7, 11) is 1.54. The molecule has 3 rings (SSSR count). The maximum Gasteiger partial charge on any atom is 0.250 e. The molecule has 1 unspecified atom stereocenters. The van der Waals surface area contributed by atoms with E-state index in [1.807, 2.05) is 12.1 Å². The van der Waals surface area contributed by atoms with Gasteiger partial charge in [-0.3, -0.25) is 30.6 Å². The Kier molecular flexibility index (Phi) is 7.39. The maximum absolute atomic E-state index is 12.3. The van der Waals surface area contributed by atoms with Crippen LogP contribution in [0.1, 0.15) is 17.7 Å². The van der Waals surface area contributed by atoms with Crippen LogP contribution in [-0.4, -0.2) is 41.4 Å². The van der Waals surface area contributed by atoms with Crippen LogP contribution >= 0.6 is 12.2 Å². The summed E-state index contributed by atoms with van der Waals surface area (Å²) >= 11 is 5.02. The van der Waals surface area contributed by atoms with Gasteiger partial charge in [0.1, 0.15) is 11.5 Å². The number of nitrogens with zero attached hydrogens (tertiary/aromatic N) is 1.